The van der Waals surface area contributed by atoms with Gasteiger partial charge < -0.3 is 14.4 Å². The summed E-state index contributed by atoms with van der Waals surface area (Å²) in [4.78, 5) is 14.5. The van der Waals surface area contributed by atoms with E-state index in [-0.39, 0.29) is 47.7 Å². The van der Waals surface area contributed by atoms with Gasteiger partial charge in [-0.3, -0.25) is 4.79 Å². The molecule has 0 saturated heterocycles. The molecule has 2 aromatic carbocycles. The molecule has 150 valence electrons. The van der Waals surface area contributed by atoms with Crippen molar-refractivity contribution in [2.24, 2.45) is 0 Å². The molecule has 0 heterocycles. The van der Waals surface area contributed by atoms with Crippen LogP contribution in [-0.4, -0.2) is 25.7 Å². The van der Waals surface area contributed by atoms with E-state index >= 15 is 0 Å². The van der Waals surface area contributed by atoms with Crippen molar-refractivity contribution in [1.82, 2.24) is 0 Å². The molecule has 0 aliphatic heterocycles. The fourth-order valence-electron chi connectivity index (χ4n) is 2.78. The Morgan fingerprint density at radius 2 is 1.68 bits per heavy atom. The largest absolute Gasteiger partial charge is 0.481 e. The van der Waals surface area contributed by atoms with Crippen LogP contribution in [0.15, 0.2) is 42.5 Å². The van der Waals surface area contributed by atoms with Crippen LogP contribution < -0.4 is 9.64 Å². The number of ether oxygens (including phenoxy) is 2. The van der Waals surface area contributed by atoms with Gasteiger partial charge in [0.1, 0.15) is 5.75 Å². The molecule has 0 aliphatic rings. The maximum absolute atomic E-state index is 12.2. The van der Waals surface area contributed by atoms with Crippen LogP contribution in [0.1, 0.15) is 56.8 Å². The summed E-state index contributed by atoms with van der Waals surface area (Å²) < 4.78 is 11.3. The van der Waals surface area contributed by atoms with Crippen molar-refractivity contribution >= 4 is 11.7 Å². The van der Waals surface area contributed by atoms with Crippen molar-refractivity contribution in [1.29, 1.82) is 0 Å². The van der Waals surface area contributed by atoms with Crippen LogP contribution >= 0.6 is 0 Å². The molecular formula is C23H30CeNO3-. The normalized spacial score (nSPS) is 10.1. The minimum atomic E-state index is -0.327. The standard InChI is InChI=1S/C23H30NO3.Ce/c1-4-7-16-24(17-8-5-2)21-18-19(23(25)26-6-3)14-15-22(21)27-20-12-10-9-11-13-20;/h9-14,18H,4-8,16-17H2,1-3H3;/q-1;. The number of para-hydroxylation sites is 1. The van der Waals surface area contributed by atoms with Gasteiger partial charge >= 0.3 is 0 Å². The minimum absolute atomic E-state index is 0. The number of anilines is 1. The number of carbonyl (C=O) groups is 1. The molecule has 0 fully saturated rings. The predicted octanol–water partition coefficient (Wildman–Crippen LogP) is 5.86. The molecule has 0 radical (unpaired) electrons. The molecular weight excluding hydrogens is 478 g/mol. The minimum Gasteiger partial charge on any atom is -0.481 e. The van der Waals surface area contributed by atoms with Crippen LogP contribution in [0.25, 0.3) is 0 Å². The molecule has 0 spiro atoms. The van der Waals surface area contributed by atoms with Crippen LogP contribution in [0.2, 0.25) is 0 Å². The van der Waals surface area contributed by atoms with Gasteiger partial charge in [-0.2, -0.15) is 6.07 Å². The first kappa shape index (κ1) is 24.9. The zero-order chi connectivity index (χ0) is 19.5. The summed E-state index contributed by atoms with van der Waals surface area (Å²) in [6.07, 6.45) is 4.38. The average molecular weight is 509 g/mol. The van der Waals surface area contributed by atoms with Gasteiger partial charge in [-0.15, -0.1) is 12.1 Å². The summed E-state index contributed by atoms with van der Waals surface area (Å²) in [6, 6.07) is 16.3. The number of unbranched alkanes of at least 4 members (excludes halogenated alkanes) is 2. The molecule has 2 aromatic rings. The average Bonchev–Trinajstić information content (AvgIpc) is 2.69. The van der Waals surface area contributed by atoms with Gasteiger partial charge in [-0.1, -0.05) is 44.9 Å². The Hall–Kier alpha value is -1.11. The quantitative estimate of drug-likeness (QED) is 0.281. The van der Waals surface area contributed by atoms with Gasteiger partial charge in [-0.25, -0.2) is 0 Å². The molecule has 0 saturated carbocycles. The molecule has 0 unspecified atom stereocenters. The summed E-state index contributed by atoms with van der Waals surface area (Å²) in [6.45, 7) is 8.36. The number of benzene rings is 2. The molecule has 2 rings (SSSR count). The van der Waals surface area contributed by atoms with Crippen molar-refractivity contribution < 1.29 is 56.0 Å². The summed E-state index contributed by atoms with van der Waals surface area (Å²) in [5.41, 5.74) is 1.40. The molecule has 0 N–H and O–H groups in total. The van der Waals surface area contributed by atoms with Crippen LogP contribution in [0.5, 0.6) is 11.5 Å². The van der Waals surface area contributed by atoms with Gasteiger partial charge in [-0.05, 0) is 43.1 Å². The smallest absolute Gasteiger partial charge is 0.281 e. The van der Waals surface area contributed by atoms with E-state index in [1.165, 1.54) is 0 Å². The first-order valence-corrected chi connectivity index (χ1v) is 9.90. The van der Waals surface area contributed by atoms with E-state index in [1.54, 1.807) is 6.07 Å². The van der Waals surface area contributed by atoms with Crippen molar-refractivity contribution in [3.05, 3.63) is 54.1 Å². The van der Waals surface area contributed by atoms with E-state index in [0.29, 0.717) is 17.9 Å². The third-order valence-corrected chi connectivity index (χ3v) is 4.26. The Bertz CT molecular complexity index is 698. The number of hydrogen-bond acceptors (Lipinski definition) is 4. The summed E-state index contributed by atoms with van der Waals surface area (Å²) >= 11 is 0. The van der Waals surface area contributed by atoms with Crippen molar-refractivity contribution in [2.75, 3.05) is 24.6 Å². The van der Waals surface area contributed by atoms with Crippen molar-refractivity contribution in [3.8, 4) is 11.5 Å². The number of nitrogens with zero attached hydrogens (tertiary/aromatic N) is 1. The second-order valence-corrected chi connectivity index (χ2v) is 6.43. The van der Waals surface area contributed by atoms with Crippen LogP contribution in [-0.2, 0) is 4.74 Å². The van der Waals surface area contributed by atoms with Crippen LogP contribution in [0.4, 0.5) is 5.69 Å². The Labute approximate surface area is 203 Å². The number of hydrogen-bond donors (Lipinski definition) is 0. The van der Waals surface area contributed by atoms with E-state index in [1.807, 2.05) is 43.3 Å². The monoisotopic (exact) mass is 508 g/mol. The molecule has 5 heteroatoms. The zero-order valence-electron chi connectivity index (χ0n) is 17.2. The van der Waals surface area contributed by atoms with Gasteiger partial charge in [0.05, 0.1) is 6.61 Å². The SMILES string of the molecule is CCCCN(CCCC)c1cc(C(=O)OCC)c[c-]c1Oc1ccccc1.[Ce]. The van der Waals surface area contributed by atoms with E-state index in [9.17, 15) is 4.79 Å². The molecule has 0 amide bonds. The third-order valence-electron chi connectivity index (χ3n) is 4.26. The number of esters is 1. The maximum atomic E-state index is 12.2. The summed E-state index contributed by atoms with van der Waals surface area (Å²) in [7, 11) is 0. The fraction of sp³-hybridized carbons (Fsp3) is 0.435. The fourth-order valence-corrected chi connectivity index (χ4v) is 2.78. The molecule has 0 atom stereocenters. The van der Waals surface area contributed by atoms with E-state index in [2.05, 4.69) is 24.8 Å². The summed E-state index contributed by atoms with van der Waals surface area (Å²) in [5.74, 6) is 1.07. The van der Waals surface area contributed by atoms with Crippen molar-refractivity contribution in [3.63, 3.8) is 0 Å². The van der Waals surface area contributed by atoms with Crippen LogP contribution in [0.3, 0.4) is 0 Å². The van der Waals surface area contributed by atoms with Crippen molar-refractivity contribution in [2.45, 2.75) is 46.5 Å². The van der Waals surface area contributed by atoms with E-state index in [0.717, 1.165) is 50.2 Å². The molecule has 4 nitrogen and oxygen atoms in total. The summed E-state index contributed by atoms with van der Waals surface area (Å²) in [5, 5.41) is 0. The first-order chi connectivity index (χ1) is 13.2. The second-order valence-electron chi connectivity index (χ2n) is 6.43. The number of carbonyl (C=O) groups excluding carboxylic acids is 1. The topological polar surface area (TPSA) is 38.8 Å². The maximum Gasteiger partial charge on any atom is 0.281 e. The molecule has 0 bridgehead atoms. The zero-order valence-corrected chi connectivity index (χ0v) is 20.3. The number of rotatable bonds is 11. The molecule has 0 aromatic heterocycles. The van der Waals surface area contributed by atoms with E-state index in [4.69, 9.17) is 9.47 Å². The first-order valence-electron chi connectivity index (χ1n) is 9.90. The van der Waals surface area contributed by atoms with Gasteiger partial charge in [0.15, 0.2) is 0 Å². The Morgan fingerprint density at radius 3 is 2.25 bits per heavy atom. The van der Waals surface area contributed by atoms with Gasteiger partial charge in [0.25, 0.3) is 5.97 Å². The van der Waals surface area contributed by atoms with Crippen LogP contribution in [0, 0.1) is 47.8 Å². The third kappa shape index (κ3) is 7.72. The Morgan fingerprint density at radius 1 is 1.04 bits per heavy atom. The molecule has 28 heavy (non-hydrogen) atoms. The Kier molecular flexibility index (Phi) is 12.4. The van der Waals surface area contributed by atoms with Gasteiger partial charge in [0, 0.05) is 60.6 Å². The van der Waals surface area contributed by atoms with E-state index < -0.39 is 0 Å². The molecule has 0 aliphatic carbocycles. The Balaban J connectivity index is 0.00000392. The predicted molar refractivity (Wildman–Crippen MR) is 110 cm³/mol. The van der Waals surface area contributed by atoms with Gasteiger partial charge in [0.2, 0.25) is 0 Å². The second kappa shape index (κ2) is 14.0.